The fraction of sp³-hybridized carbons (Fsp3) is 0.596. The van der Waals surface area contributed by atoms with Crippen molar-refractivity contribution < 1.29 is 34.1 Å². The highest BCUT2D eigenvalue weighted by atomic mass is 16.5. The molecule has 342 valence electrons. The molecule has 2 saturated heterocycles. The monoisotopic (exact) mass is 865 g/mol. The van der Waals surface area contributed by atoms with Crippen LogP contribution in [0.15, 0.2) is 60.7 Å². The average molecular weight is 865 g/mol. The van der Waals surface area contributed by atoms with E-state index in [1.54, 1.807) is 6.07 Å². The minimum atomic E-state index is -0.656. The number of likely N-dealkylation sites (tertiary alicyclic amines) is 1. The Hall–Kier alpha value is -4.61. The second kappa shape index (κ2) is 21.8. The Labute approximate surface area is 374 Å². The third-order valence-electron chi connectivity index (χ3n) is 14.0. The second-order valence-corrected chi connectivity index (χ2v) is 20.6. The zero-order chi connectivity index (χ0) is 45.1. The number of aromatic nitrogens is 2. The van der Waals surface area contributed by atoms with E-state index in [-0.39, 0.29) is 24.0 Å². The fourth-order valence-electron chi connectivity index (χ4n) is 9.68. The highest BCUT2D eigenvalue weighted by molar-refractivity contribution is 5.87. The van der Waals surface area contributed by atoms with Crippen molar-refractivity contribution in [2.75, 3.05) is 26.2 Å². The molecule has 0 bridgehead atoms. The molecule has 4 fully saturated rings. The normalized spacial score (nSPS) is 22.8. The first kappa shape index (κ1) is 47.9. The van der Waals surface area contributed by atoms with Gasteiger partial charge in [-0.15, -0.1) is 0 Å². The van der Waals surface area contributed by atoms with Crippen molar-refractivity contribution in [1.29, 1.82) is 0 Å². The first-order chi connectivity index (χ1) is 30.0. The summed E-state index contributed by atoms with van der Waals surface area (Å²) < 4.78 is 12.3. The molecule has 2 saturated carbocycles. The van der Waals surface area contributed by atoms with E-state index in [0.29, 0.717) is 22.3 Å². The van der Waals surface area contributed by atoms with Gasteiger partial charge in [0.05, 0.1) is 22.9 Å². The van der Waals surface area contributed by atoms with E-state index in [1.165, 1.54) is 31.2 Å². The molecule has 2 aromatic carbocycles. The summed E-state index contributed by atoms with van der Waals surface area (Å²) >= 11 is 0. The molecule has 4 aliphatic rings. The minimum Gasteiger partial charge on any atom is -0.481 e. The number of carboxylic acid groups (broad SMARTS) is 2. The largest absolute Gasteiger partial charge is 0.481 e. The summed E-state index contributed by atoms with van der Waals surface area (Å²) in [4.78, 5) is 44.0. The average Bonchev–Trinajstić information content (AvgIpc) is 3.27. The van der Waals surface area contributed by atoms with Crippen molar-refractivity contribution in [1.82, 2.24) is 20.2 Å². The molecule has 0 unspecified atom stereocenters. The topological polar surface area (TPSA) is 151 Å². The third kappa shape index (κ3) is 14.2. The van der Waals surface area contributed by atoms with Crippen LogP contribution in [0.1, 0.15) is 135 Å². The number of fused-ring (bicyclic) bond motifs is 2. The zero-order valence-corrected chi connectivity index (χ0v) is 38.6. The van der Waals surface area contributed by atoms with Crippen LogP contribution in [-0.4, -0.2) is 81.7 Å². The highest BCUT2D eigenvalue weighted by Crippen LogP contribution is 2.40. The third-order valence-corrected chi connectivity index (χ3v) is 14.0. The van der Waals surface area contributed by atoms with E-state index in [4.69, 9.17) is 24.7 Å². The molecule has 0 amide bonds. The Morgan fingerprint density at radius 2 is 1.10 bits per heavy atom. The summed E-state index contributed by atoms with van der Waals surface area (Å²) in [6.07, 6.45) is 13.8. The molecule has 2 aliphatic heterocycles. The number of nitrogens with one attached hydrogen (secondary N) is 1. The number of piperidine rings is 2. The van der Waals surface area contributed by atoms with Crippen molar-refractivity contribution in [3.05, 3.63) is 71.8 Å². The van der Waals surface area contributed by atoms with Crippen molar-refractivity contribution >= 4 is 40.0 Å². The van der Waals surface area contributed by atoms with Crippen molar-refractivity contribution in [3.8, 4) is 11.8 Å². The van der Waals surface area contributed by atoms with Crippen LogP contribution in [0.3, 0.4) is 0 Å². The fourth-order valence-corrected chi connectivity index (χ4v) is 9.68. The standard InChI is InChI=1S/C26H36N2O3.C20H25NO2.C6H11NO2/c1-26(2,3)21-6-8-22(9-7-21)31-24-11-5-20-16-18(4-10-23(20)27-24)17-28-14-12-19(13-15-28)25(29)30;1-20(2,3)16-6-8-17(9-7-16)23-19-11-5-15-12-14(13-22)4-10-18(15)21-19;8-6(9)5-1-3-7-4-2-5/h4-5,10-11,16,19,21-22H,6-9,12-15,17H2,1-3H3,(H,29,30);4-5,10-13,16-17H,6-9H2,1-3H3;5,7H,1-4H2,(H,8,9). The number of carbonyl (C=O) groups excluding carboxylic acids is 1. The van der Waals surface area contributed by atoms with Gasteiger partial charge in [0.2, 0.25) is 11.8 Å². The van der Waals surface area contributed by atoms with Gasteiger partial charge in [0.1, 0.15) is 18.5 Å². The maximum absolute atomic E-state index is 11.1. The lowest BCUT2D eigenvalue weighted by Crippen LogP contribution is -2.35. The second-order valence-electron chi connectivity index (χ2n) is 20.6. The van der Waals surface area contributed by atoms with Crippen LogP contribution in [0.2, 0.25) is 0 Å². The molecule has 11 heteroatoms. The van der Waals surface area contributed by atoms with Gasteiger partial charge in [-0.2, -0.15) is 0 Å². The van der Waals surface area contributed by atoms with Crippen LogP contribution in [0.25, 0.3) is 21.8 Å². The molecule has 4 heterocycles. The predicted molar refractivity (Wildman–Crippen MR) is 249 cm³/mol. The van der Waals surface area contributed by atoms with Gasteiger partial charge in [-0.05, 0) is 174 Å². The SMILES string of the molecule is CC(C)(C)C1CCC(Oc2ccc3cc(C=O)ccc3n2)CC1.CC(C)(C)C1CCC(Oc2ccc3cc(CN4CCC(C(=O)O)CC4)ccc3n2)CC1.O=C(O)C1CCNCC1. The summed E-state index contributed by atoms with van der Waals surface area (Å²) in [6, 6.07) is 19.9. The van der Waals surface area contributed by atoms with Crippen LogP contribution in [0.4, 0.5) is 0 Å². The lowest BCUT2D eigenvalue weighted by atomic mass is 9.72. The van der Waals surface area contributed by atoms with Crippen LogP contribution in [0, 0.1) is 34.5 Å². The van der Waals surface area contributed by atoms with Crippen LogP contribution < -0.4 is 14.8 Å². The van der Waals surface area contributed by atoms with Crippen molar-refractivity contribution in [3.63, 3.8) is 0 Å². The number of carbonyl (C=O) groups is 3. The number of aldehydes is 1. The Morgan fingerprint density at radius 1 is 0.635 bits per heavy atom. The van der Waals surface area contributed by atoms with E-state index in [2.05, 4.69) is 81.0 Å². The Morgan fingerprint density at radius 3 is 1.54 bits per heavy atom. The summed E-state index contributed by atoms with van der Waals surface area (Å²) in [7, 11) is 0. The van der Waals surface area contributed by atoms with Crippen molar-refractivity contribution in [2.24, 2.45) is 34.5 Å². The first-order valence-corrected chi connectivity index (χ1v) is 23.5. The first-order valence-electron chi connectivity index (χ1n) is 23.5. The molecule has 0 atom stereocenters. The van der Waals surface area contributed by atoms with Gasteiger partial charge in [0, 0.05) is 35.0 Å². The van der Waals surface area contributed by atoms with Crippen LogP contribution in [0.5, 0.6) is 11.8 Å². The summed E-state index contributed by atoms with van der Waals surface area (Å²) in [5, 5.41) is 22.9. The van der Waals surface area contributed by atoms with E-state index in [9.17, 15) is 14.4 Å². The number of carboxylic acids is 2. The van der Waals surface area contributed by atoms with Gasteiger partial charge < -0.3 is 25.0 Å². The highest BCUT2D eigenvalue weighted by Gasteiger charge is 2.32. The number of pyridine rings is 2. The Kier molecular flexibility index (Phi) is 16.6. The quantitative estimate of drug-likeness (QED) is 0.138. The summed E-state index contributed by atoms with van der Waals surface area (Å²) in [5.41, 5.74) is 4.54. The van der Waals surface area contributed by atoms with Crippen LogP contribution in [-0.2, 0) is 16.1 Å². The molecule has 11 nitrogen and oxygen atoms in total. The maximum atomic E-state index is 11.1. The van der Waals surface area contributed by atoms with Gasteiger partial charge in [-0.25, -0.2) is 9.97 Å². The van der Waals surface area contributed by atoms with E-state index in [1.807, 2.05) is 30.3 Å². The zero-order valence-electron chi connectivity index (χ0n) is 38.6. The summed E-state index contributed by atoms with van der Waals surface area (Å²) in [5.74, 6) is 1.42. The van der Waals surface area contributed by atoms with Gasteiger partial charge >= 0.3 is 11.9 Å². The van der Waals surface area contributed by atoms with Crippen molar-refractivity contribution in [2.45, 2.75) is 137 Å². The Balaban J connectivity index is 0.000000180. The molecule has 0 radical (unpaired) electrons. The van der Waals surface area contributed by atoms with Gasteiger partial charge in [0.15, 0.2) is 0 Å². The Bertz CT molecular complexity index is 2110. The molecule has 8 rings (SSSR count). The van der Waals surface area contributed by atoms with Gasteiger partial charge in [0.25, 0.3) is 0 Å². The molecule has 63 heavy (non-hydrogen) atoms. The van der Waals surface area contributed by atoms with Crippen LogP contribution >= 0.6 is 0 Å². The van der Waals surface area contributed by atoms with E-state index < -0.39 is 11.9 Å². The molecule has 0 spiro atoms. The number of aliphatic carboxylic acids is 2. The van der Waals surface area contributed by atoms with Gasteiger partial charge in [-0.3, -0.25) is 19.3 Å². The molecular formula is C52H72N4O7. The molecular weight excluding hydrogens is 793 g/mol. The lowest BCUT2D eigenvalue weighted by Gasteiger charge is -2.36. The molecule has 3 N–H and O–H groups in total. The maximum Gasteiger partial charge on any atom is 0.306 e. The number of benzene rings is 2. The molecule has 4 aromatic rings. The number of hydrogen-bond donors (Lipinski definition) is 3. The molecule has 2 aromatic heterocycles. The number of hydrogen-bond acceptors (Lipinski definition) is 9. The number of rotatable bonds is 9. The summed E-state index contributed by atoms with van der Waals surface area (Å²) in [6.45, 7) is 18.3. The number of ether oxygens (including phenoxy) is 2. The number of nitrogens with zero attached hydrogens (tertiary/aromatic N) is 3. The van der Waals surface area contributed by atoms with E-state index in [0.717, 1.165) is 130 Å². The van der Waals surface area contributed by atoms with E-state index >= 15 is 0 Å². The minimum absolute atomic E-state index is 0.0914. The molecule has 2 aliphatic carbocycles. The predicted octanol–water partition coefficient (Wildman–Crippen LogP) is 10.6. The lowest BCUT2D eigenvalue weighted by molar-refractivity contribution is -0.144. The van der Waals surface area contributed by atoms with Gasteiger partial charge in [-0.1, -0.05) is 47.6 Å². The smallest absolute Gasteiger partial charge is 0.306 e.